The maximum Gasteiger partial charge on any atom is 0.262 e. The molecule has 9 heteroatoms. The smallest absolute Gasteiger partial charge is 0.262 e. The lowest BCUT2D eigenvalue weighted by Gasteiger charge is -2.23. The fourth-order valence-electron chi connectivity index (χ4n) is 3.13. The molecule has 0 fully saturated rings. The van der Waals surface area contributed by atoms with Gasteiger partial charge in [0, 0.05) is 12.6 Å². The fraction of sp³-hybridized carbons (Fsp3) is 0.217. The van der Waals surface area contributed by atoms with Crippen molar-refractivity contribution in [1.29, 1.82) is 0 Å². The molecule has 170 valence electrons. The third-order valence-electron chi connectivity index (χ3n) is 5.04. The standard InChI is InChI=1S/C23H26N2O6S/c1-15(23(29)16-7-10-18(26)11-8-16)24-14-22(28)17-9-12-21(27)20(13-17)25-32(30,31)19-5-3-2-4-6-19/h2-13,15,22-29H,14H2,1H3/t15?,22-,23?/m0/s1. The van der Waals surface area contributed by atoms with Gasteiger partial charge in [-0.3, -0.25) is 4.72 Å². The third kappa shape index (κ3) is 5.77. The third-order valence-corrected chi connectivity index (χ3v) is 6.43. The summed E-state index contributed by atoms with van der Waals surface area (Å²) < 4.78 is 27.4. The molecule has 0 aromatic heterocycles. The minimum absolute atomic E-state index is 0.0454. The lowest BCUT2D eigenvalue weighted by molar-refractivity contribution is 0.116. The van der Waals surface area contributed by atoms with Crippen molar-refractivity contribution in [3.8, 4) is 11.5 Å². The Morgan fingerprint density at radius 1 is 0.875 bits per heavy atom. The average Bonchev–Trinajstić information content (AvgIpc) is 2.79. The van der Waals surface area contributed by atoms with E-state index >= 15 is 0 Å². The molecule has 0 aliphatic rings. The first-order chi connectivity index (χ1) is 15.2. The summed E-state index contributed by atoms with van der Waals surface area (Å²) in [6.07, 6.45) is -1.89. The Kier molecular flexibility index (Phi) is 7.37. The Labute approximate surface area is 186 Å². The molecule has 3 aromatic rings. The molecule has 3 rings (SSSR count). The van der Waals surface area contributed by atoms with Gasteiger partial charge in [-0.25, -0.2) is 8.42 Å². The summed E-state index contributed by atoms with van der Waals surface area (Å²) in [5.74, 6) is -0.174. The van der Waals surface area contributed by atoms with Gasteiger partial charge < -0.3 is 25.7 Å². The average molecular weight is 459 g/mol. The molecule has 0 radical (unpaired) electrons. The first kappa shape index (κ1) is 23.6. The van der Waals surface area contributed by atoms with Crippen molar-refractivity contribution in [3.63, 3.8) is 0 Å². The topological polar surface area (TPSA) is 139 Å². The predicted octanol–water partition coefficient (Wildman–Crippen LogP) is 2.64. The Balaban J connectivity index is 1.67. The van der Waals surface area contributed by atoms with Crippen molar-refractivity contribution < 1.29 is 28.8 Å². The highest BCUT2D eigenvalue weighted by molar-refractivity contribution is 7.92. The van der Waals surface area contributed by atoms with Crippen LogP contribution in [0.2, 0.25) is 0 Å². The van der Waals surface area contributed by atoms with Crippen LogP contribution in [0.15, 0.2) is 77.7 Å². The second-order valence-electron chi connectivity index (χ2n) is 7.44. The van der Waals surface area contributed by atoms with E-state index in [4.69, 9.17) is 0 Å². The quantitative estimate of drug-likeness (QED) is 0.271. The van der Waals surface area contributed by atoms with Crippen LogP contribution in [0.1, 0.15) is 30.3 Å². The van der Waals surface area contributed by atoms with E-state index in [1.807, 2.05) is 0 Å². The Morgan fingerprint density at radius 3 is 2.16 bits per heavy atom. The summed E-state index contributed by atoms with van der Waals surface area (Å²) in [4.78, 5) is 0.0454. The van der Waals surface area contributed by atoms with E-state index in [2.05, 4.69) is 10.0 Å². The number of rotatable bonds is 9. The lowest BCUT2D eigenvalue weighted by Crippen LogP contribution is -2.35. The first-order valence-corrected chi connectivity index (χ1v) is 11.4. The van der Waals surface area contributed by atoms with Crippen LogP contribution in [0.5, 0.6) is 11.5 Å². The van der Waals surface area contributed by atoms with Crippen LogP contribution >= 0.6 is 0 Å². The van der Waals surface area contributed by atoms with Crippen LogP contribution in [0.3, 0.4) is 0 Å². The number of benzene rings is 3. The molecule has 0 heterocycles. The van der Waals surface area contributed by atoms with E-state index in [0.717, 1.165) is 0 Å². The predicted molar refractivity (Wildman–Crippen MR) is 121 cm³/mol. The molecule has 6 N–H and O–H groups in total. The molecule has 0 aliphatic heterocycles. The molecule has 0 spiro atoms. The van der Waals surface area contributed by atoms with Gasteiger partial charge in [0.2, 0.25) is 0 Å². The molecule has 0 saturated heterocycles. The number of phenolic OH excluding ortho intramolecular Hbond substituents is 2. The van der Waals surface area contributed by atoms with E-state index in [1.54, 1.807) is 37.3 Å². The van der Waals surface area contributed by atoms with E-state index in [-0.39, 0.29) is 28.6 Å². The number of anilines is 1. The van der Waals surface area contributed by atoms with E-state index in [1.165, 1.54) is 42.5 Å². The molecule has 2 unspecified atom stereocenters. The Bertz CT molecular complexity index is 1140. The minimum atomic E-state index is -3.91. The second-order valence-corrected chi connectivity index (χ2v) is 9.13. The molecular weight excluding hydrogens is 432 g/mol. The molecule has 0 saturated carbocycles. The maximum atomic E-state index is 12.5. The largest absolute Gasteiger partial charge is 0.508 e. The lowest BCUT2D eigenvalue weighted by atomic mass is 10.0. The normalized spacial score (nSPS) is 14.5. The number of aliphatic hydroxyl groups is 2. The fourth-order valence-corrected chi connectivity index (χ4v) is 4.22. The SMILES string of the molecule is CC(NC[C@H](O)c1ccc(O)c(NS(=O)(=O)c2ccccc2)c1)C(O)c1ccc(O)cc1. The van der Waals surface area contributed by atoms with Gasteiger partial charge >= 0.3 is 0 Å². The van der Waals surface area contributed by atoms with Gasteiger partial charge in [-0.1, -0.05) is 36.4 Å². The number of nitrogens with one attached hydrogen (secondary N) is 2. The Morgan fingerprint density at radius 2 is 1.50 bits per heavy atom. The molecule has 8 nitrogen and oxygen atoms in total. The van der Waals surface area contributed by atoms with Gasteiger partial charge in [-0.05, 0) is 54.4 Å². The zero-order valence-electron chi connectivity index (χ0n) is 17.4. The molecule has 0 amide bonds. The highest BCUT2D eigenvalue weighted by atomic mass is 32.2. The number of hydrogen-bond donors (Lipinski definition) is 6. The number of aromatic hydroxyl groups is 2. The van der Waals surface area contributed by atoms with Crippen molar-refractivity contribution in [2.75, 3.05) is 11.3 Å². The number of sulfonamides is 1. The number of hydrogen-bond acceptors (Lipinski definition) is 7. The molecule has 0 aliphatic carbocycles. The van der Waals surface area contributed by atoms with Crippen molar-refractivity contribution in [2.45, 2.75) is 30.1 Å². The highest BCUT2D eigenvalue weighted by Crippen LogP contribution is 2.29. The summed E-state index contributed by atoms with van der Waals surface area (Å²) in [5, 5.41) is 43.5. The van der Waals surface area contributed by atoms with Crippen molar-refractivity contribution in [1.82, 2.24) is 5.32 Å². The molecule has 32 heavy (non-hydrogen) atoms. The van der Waals surface area contributed by atoms with Crippen LogP contribution in [-0.2, 0) is 10.0 Å². The van der Waals surface area contributed by atoms with E-state index < -0.39 is 28.3 Å². The van der Waals surface area contributed by atoms with Gasteiger partial charge in [-0.15, -0.1) is 0 Å². The summed E-state index contributed by atoms with van der Waals surface area (Å²) in [6, 6.07) is 17.7. The zero-order chi connectivity index (χ0) is 23.3. The monoisotopic (exact) mass is 458 g/mol. The van der Waals surface area contributed by atoms with E-state index in [9.17, 15) is 28.8 Å². The van der Waals surface area contributed by atoms with Gasteiger partial charge in [0.05, 0.1) is 22.8 Å². The minimum Gasteiger partial charge on any atom is -0.508 e. The summed E-state index contributed by atoms with van der Waals surface area (Å²) in [6.45, 7) is 1.83. The van der Waals surface area contributed by atoms with Gasteiger partial charge in [0.25, 0.3) is 10.0 Å². The van der Waals surface area contributed by atoms with Crippen molar-refractivity contribution in [3.05, 3.63) is 83.9 Å². The maximum absolute atomic E-state index is 12.5. The van der Waals surface area contributed by atoms with Crippen molar-refractivity contribution >= 4 is 15.7 Å². The van der Waals surface area contributed by atoms with Crippen LogP contribution in [0.25, 0.3) is 0 Å². The first-order valence-electron chi connectivity index (χ1n) is 9.96. The van der Waals surface area contributed by atoms with Crippen LogP contribution < -0.4 is 10.0 Å². The van der Waals surface area contributed by atoms with Gasteiger partial charge in [0.15, 0.2) is 0 Å². The summed E-state index contributed by atoms with van der Waals surface area (Å²) >= 11 is 0. The number of aliphatic hydroxyl groups excluding tert-OH is 2. The summed E-state index contributed by atoms with van der Waals surface area (Å²) in [7, 11) is -3.91. The van der Waals surface area contributed by atoms with Crippen LogP contribution in [0, 0.1) is 0 Å². The summed E-state index contributed by atoms with van der Waals surface area (Å²) in [5.41, 5.74) is 0.939. The molecule has 3 aromatic carbocycles. The second kappa shape index (κ2) is 10.0. The van der Waals surface area contributed by atoms with E-state index in [0.29, 0.717) is 11.1 Å². The molecular formula is C23H26N2O6S. The van der Waals surface area contributed by atoms with Gasteiger partial charge in [0.1, 0.15) is 11.5 Å². The highest BCUT2D eigenvalue weighted by Gasteiger charge is 2.20. The Hall–Kier alpha value is -3.11. The number of phenols is 2. The van der Waals surface area contributed by atoms with Gasteiger partial charge in [-0.2, -0.15) is 0 Å². The molecule has 3 atom stereocenters. The van der Waals surface area contributed by atoms with Crippen LogP contribution in [0.4, 0.5) is 5.69 Å². The zero-order valence-corrected chi connectivity index (χ0v) is 18.2. The molecule has 0 bridgehead atoms. The van der Waals surface area contributed by atoms with Crippen LogP contribution in [-0.4, -0.2) is 41.4 Å². The van der Waals surface area contributed by atoms with Crippen molar-refractivity contribution in [2.24, 2.45) is 0 Å².